The van der Waals surface area contributed by atoms with Crippen LogP contribution < -0.4 is 11.2 Å². The van der Waals surface area contributed by atoms with E-state index in [9.17, 15) is 4.79 Å². The monoisotopic (exact) mass is 401 g/mol. The van der Waals surface area contributed by atoms with E-state index in [1.54, 1.807) is 0 Å². The van der Waals surface area contributed by atoms with Crippen molar-refractivity contribution in [2.75, 3.05) is 11.2 Å². The van der Waals surface area contributed by atoms with Gasteiger partial charge in [-0.3, -0.25) is 4.79 Å². The molecule has 4 aromatic rings. The minimum atomic E-state index is -0.536. The standard InChI is InChI=1S/C22H19N5OS/c23-27-20(17-12-6-2-7-13-17)25-26-22(27)29-19(16-10-4-1-5-11-16)21(28)24-18-14-8-3-9-15-18/h1-15,19H,23H2,(H,24,28). The van der Waals surface area contributed by atoms with Crippen LogP contribution in [0.25, 0.3) is 11.4 Å². The van der Waals surface area contributed by atoms with Gasteiger partial charge in [-0.05, 0) is 17.7 Å². The average molecular weight is 401 g/mol. The summed E-state index contributed by atoms with van der Waals surface area (Å²) < 4.78 is 1.42. The van der Waals surface area contributed by atoms with E-state index in [0.29, 0.717) is 11.0 Å². The number of aromatic nitrogens is 3. The van der Waals surface area contributed by atoms with E-state index in [1.165, 1.54) is 16.4 Å². The van der Waals surface area contributed by atoms with Crippen LogP contribution in [0.15, 0.2) is 96.2 Å². The van der Waals surface area contributed by atoms with Crippen molar-refractivity contribution >= 4 is 23.4 Å². The fraction of sp³-hybridized carbons (Fsp3) is 0.0455. The van der Waals surface area contributed by atoms with Crippen molar-refractivity contribution in [2.24, 2.45) is 0 Å². The Morgan fingerprint density at radius 2 is 1.45 bits per heavy atom. The predicted octanol–water partition coefficient (Wildman–Crippen LogP) is 4.13. The highest BCUT2D eigenvalue weighted by atomic mass is 32.2. The molecule has 7 heteroatoms. The normalized spacial score (nSPS) is 11.7. The minimum Gasteiger partial charge on any atom is -0.335 e. The zero-order valence-corrected chi connectivity index (χ0v) is 16.3. The third-order valence-corrected chi connectivity index (χ3v) is 5.51. The number of nitrogens with two attached hydrogens (primary N) is 1. The Morgan fingerprint density at radius 1 is 0.862 bits per heavy atom. The van der Waals surface area contributed by atoms with Crippen molar-refractivity contribution in [3.8, 4) is 11.4 Å². The Bertz CT molecular complexity index is 1080. The fourth-order valence-electron chi connectivity index (χ4n) is 2.88. The lowest BCUT2D eigenvalue weighted by molar-refractivity contribution is -0.115. The first-order valence-corrected chi connectivity index (χ1v) is 9.94. The molecule has 0 fully saturated rings. The predicted molar refractivity (Wildman–Crippen MR) is 116 cm³/mol. The number of nitrogens with one attached hydrogen (secondary N) is 1. The van der Waals surface area contributed by atoms with Crippen molar-refractivity contribution < 1.29 is 4.79 Å². The van der Waals surface area contributed by atoms with Crippen LogP contribution in [0.1, 0.15) is 10.8 Å². The molecule has 1 amide bonds. The molecule has 144 valence electrons. The molecule has 1 unspecified atom stereocenters. The van der Waals surface area contributed by atoms with Crippen molar-refractivity contribution in [1.82, 2.24) is 14.9 Å². The second-order valence-electron chi connectivity index (χ2n) is 6.31. The van der Waals surface area contributed by atoms with Crippen LogP contribution in [0.4, 0.5) is 5.69 Å². The first-order chi connectivity index (χ1) is 14.2. The van der Waals surface area contributed by atoms with Gasteiger partial charge in [0.1, 0.15) is 5.25 Å². The molecule has 6 nitrogen and oxygen atoms in total. The van der Waals surface area contributed by atoms with Crippen LogP contribution >= 0.6 is 11.8 Å². The summed E-state index contributed by atoms with van der Waals surface area (Å²) in [6.07, 6.45) is 0. The van der Waals surface area contributed by atoms with Gasteiger partial charge in [0.15, 0.2) is 5.82 Å². The molecular formula is C22H19N5OS. The number of nitrogen functional groups attached to an aromatic ring is 1. The molecule has 0 radical (unpaired) electrons. The number of amides is 1. The number of hydrogen-bond donors (Lipinski definition) is 2. The van der Waals surface area contributed by atoms with Gasteiger partial charge in [-0.1, -0.05) is 90.6 Å². The Hall–Kier alpha value is -3.58. The maximum atomic E-state index is 13.1. The summed E-state index contributed by atoms with van der Waals surface area (Å²) in [7, 11) is 0. The first kappa shape index (κ1) is 18.8. The quantitative estimate of drug-likeness (QED) is 0.375. The summed E-state index contributed by atoms with van der Waals surface area (Å²) in [5.74, 6) is 6.64. The molecule has 0 aliphatic heterocycles. The number of benzene rings is 3. The Kier molecular flexibility index (Phi) is 5.58. The van der Waals surface area contributed by atoms with Crippen molar-refractivity contribution in [2.45, 2.75) is 10.4 Å². The van der Waals surface area contributed by atoms with Crippen molar-refractivity contribution in [3.63, 3.8) is 0 Å². The van der Waals surface area contributed by atoms with Crippen molar-refractivity contribution in [3.05, 3.63) is 96.6 Å². The lowest BCUT2D eigenvalue weighted by atomic mass is 10.1. The molecule has 0 aliphatic carbocycles. The highest BCUT2D eigenvalue weighted by Gasteiger charge is 2.25. The Balaban J connectivity index is 1.63. The number of carbonyl (C=O) groups excluding carboxylic acids is 1. The second-order valence-corrected chi connectivity index (χ2v) is 7.38. The first-order valence-electron chi connectivity index (χ1n) is 9.06. The third-order valence-electron chi connectivity index (χ3n) is 4.30. The molecule has 3 N–H and O–H groups in total. The SMILES string of the molecule is Nn1c(SC(C(=O)Nc2ccccc2)c2ccccc2)nnc1-c1ccccc1. The smallest absolute Gasteiger partial charge is 0.242 e. The van der Waals surface area contributed by atoms with Crippen LogP contribution in [-0.4, -0.2) is 20.8 Å². The summed E-state index contributed by atoms with van der Waals surface area (Å²) in [6, 6.07) is 28.5. The van der Waals surface area contributed by atoms with Crippen LogP contribution in [-0.2, 0) is 4.79 Å². The molecule has 0 saturated heterocycles. The Labute approximate surface area is 172 Å². The Morgan fingerprint density at radius 3 is 2.10 bits per heavy atom. The maximum absolute atomic E-state index is 13.1. The summed E-state index contributed by atoms with van der Waals surface area (Å²) in [4.78, 5) is 13.1. The van der Waals surface area contributed by atoms with Crippen LogP contribution in [0, 0.1) is 0 Å². The molecule has 29 heavy (non-hydrogen) atoms. The van der Waals surface area contributed by atoms with E-state index in [1.807, 2.05) is 91.0 Å². The van der Waals surface area contributed by atoms with Gasteiger partial charge in [0.05, 0.1) is 0 Å². The highest BCUT2D eigenvalue weighted by Crippen LogP contribution is 2.36. The minimum absolute atomic E-state index is 0.156. The molecule has 1 aromatic heterocycles. The number of rotatable bonds is 6. The molecule has 0 spiro atoms. The average Bonchev–Trinajstić information content (AvgIpc) is 3.14. The molecule has 1 heterocycles. The van der Waals surface area contributed by atoms with Crippen LogP contribution in [0.2, 0.25) is 0 Å². The number of carbonyl (C=O) groups is 1. The third kappa shape index (κ3) is 4.30. The zero-order chi connectivity index (χ0) is 20.1. The van der Waals surface area contributed by atoms with Gasteiger partial charge in [0, 0.05) is 11.3 Å². The molecule has 0 bridgehead atoms. The van der Waals surface area contributed by atoms with Crippen LogP contribution in [0.5, 0.6) is 0 Å². The number of para-hydroxylation sites is 1. The van der Waals surface area contributed by atoms with Crippen molar-refractivity contribution in [1.29, 1.82) is 0 Å². The number of anilines is 1. The van der Waals surface area contributed by atoms with Gasteiger partial charge in [-0.15, -0.1) is 10.2 Å². The second kappa shape index (κ2) is 8.62. The van der Waals surface area contributed by atoms with Gasteiger partial charge in [-0.2, -0.15) is 0 Å². The number of nitrogens with zero attached hydrogens (tertiary/aromatic N) is 3. The van der Waals surface area contributed by atoms with E-state index in [0.717, 1.165) is 16.8 Å². The summed E-state index contributed by atoms with van der Waals surface area (Å²) in [6.45, 7) is 0. The van der Waals surface area contributed by atoms with Gasteiger partial charge >= 0.3 is 0 Å². The van der Waals surface area contributed by atoms with E-state index in [4.69, 9.17) is 5.84 Å². The van der Waals surface area contributed by atoms with Gasteiger partial charge in [0.25, 0.3) is 0 Å². The van der Waals surface area contributed by atoms with E-state index < -0.39 is 5.25 Å². The fourth-order valence-corrected chi connectivity index (χ4v) is 3.83. The zero-order valence-electron chi connectivity index (χ0n) is 15.5. The molecule has 4 rings (SSSR count). The van der Waals surface area contributed by atoms with Crippen LogP contribution in [0.3, 0.4) is 0 Å². The number of thioether (sulfide) groups is 1. The topological polar surface area (TPSA) is 85.8 Å². The molecular weight excluding hydrogens is 382 g/mol. The van der Waals surface area contributed by atoms with Gasteiger partial charge in [-0.25, -0.2) is 4.68 Å². The lowest BCUT2D eigenvalue weighted by Crippen LogP contribution is -2.20. The van der Waals surface area contributed by atoms with E-state index in [-0.39, 0.29) is 5.91 Å². The van der Waals surface area contributed by atoms with Gasteiger partial charge in [0.2, 0.25) is 11.1 Å². The summed E-state index contributed by atoms with van der Waals surface area (Å²) in [5.41, 5.74) is 2.45. The van der Waals surface area contributed by atoms with E-state index >= 15 is 0 Å². The number of hydrogen-bond acceptors (Lipinski definition) is 5. The summed E-state index contributed by atoms with van der Waals surface area (Å²) >= 11 is 1.26. The molecule has 0 saturated carbocycles. The summed E-state index contributed by atoms with van der Waals surface area (Å²) in [5, 5.41) is 11.3. The lowest BCUT2D eigenvalue weighted by Gasteiger charge is -2.16. The molecule has 3 aromatic carbocycles. The van der Waals surface area contributed by atoms with E-state index in [2.05, 4.69) is 15.5 Å². The molecule has 1 atom stereocenters. The highest BCUT2D eigenvalue weighted by molar-refractivity contribution is 8.00. The van der Waals surface area contributed by atoms with Gasteiger partial charge < -0.3 is 11.2 Å². The molecule has 0 aliphatic rings. The maximum Gasteiger partial charge on any atom is 0.242 e. The largest absolute Gasteiger partial charge is 0.335 e.